The second-order valence-corrected chi connectivity index (χ2v) is 4.60. The number of anilines is 1. The first kappa shape index (κ1) is 15.7. The number of methoxy groups -OCH3 is 1. The van der Waals surface area contributed by atoms with Gasteiger partial charge in [0.2, 0.25) is 5.91 Å². The van der Waals surface area contributed by atoms with E-state index in [0.29, 0.717) is 18.8 Å². The zero-order valence-corrected chi connectivity index (χ0v) is 11.8. The van der Waals surface area contributed by atoms with E-state index in [4.69, 9.17) is 16.3 Å². The number of carbonyl (C=O) groups is 1. The Kier molecular flexibility index (Phi) is 6.59. The van der Waals surface area contributed by atoms with E-state index < -0.39 is 11.9 Å². The van der Waals surface area contributed by atoms with Gasteiger partial charge in [-0.3, -0.25) is 4.79 Å². The van der Waals surface area contributed by atoms with E-state index in [1.165, 1.54) is 12.1 Å². The molecule has 1 unspecified atom stereocenters. The SMILES string of the molecule is COCCCNC(=O)C(C)Nc1cc(F)cc(Cl)c1. The van der Waals surface area contributed by atoms with Gasteiger partial charge in [0.05, 0.1) is 0 Å². The Hall–Kier alpha value is -1.33. The number of hydrogen-bond acceptors (Lipinski definition) is 3. The van der Waals surface area contributed by atoms with Crippen LogP contribution in [-0.2, 0) is 9.53 Å². The van der Waals surface area contributed by atoms with Crippen molar-refractivity contribution in [3.05, 3.63) is 29.0 Å². The van der Waals surface area contributed by atoms with Gasteiger partial charge in [-0.25, -0.2) is 4.39 Å². The van der Waals surface area contributed by atoms with Crippen LogP contribution in [0.4, 0.5) is 10.1 Å². The van der Waals surface area contributed by atoms with E-state index in [1.54, 1.807) is 20.1 Å². The molecule has 0 radical (unpaired) electrons. The molecular formula is C13H18ClFN2O2. The summed E-state index contributed by atoms with van der Waals surface area (Å²) in [5, 5.41) is 5.94. The van der Waals surface area contributed by atoms with E-state index >= 15 is 0 Å². The summed E-state index contributed by atoms with van der Waals surface area (Å²) in [5.41, 5.74) is 0.476. The van der Waals surface area contributed by atoms with E-state index in [-0.39, 0.29) is 10.9 Å². The quantitative estimate of drug-likeness (QED) is 0.758. The predicted molar refractivity (Wildman–Crippen MR) is 74.0 cm³/mol. The number of rotatable bonds is 7. The van der Waals surface area contributed by atoms with E-state index in [2.05, 4.69) is 10.6 Å². The van der Waals surface area contributed by atoms with Crippen molar-refractivity contribution < 1.29 is 13.9 Å². The summed E-state index contributed by atoms with van der Waals surface area (Å²) in [7, 11) is 1.61. The highest BCUT2D eigenvalue weighted by Gasteiger charge is 2.12. The number of nitrogens with one attached hydrogen (secondary N) is 2. The summed E-state index contributed by atoms with van der Waals surface area (Å²) in [4.78, 5) is 11.7. The minimum Gasteiger partial charge on any atom is -0.385 e. The van der Waals surface area contributed by atoms with Gasteiger partial charge in [0.25, 0.3) is 0 Å². The molecule has 1 aromatic rings. The first-order valence-corrected chi connectivity index (χ1v) is 6.40. The highest BCUT2D eigenvalue weighted by molar-refractivity contribution is 6.30. The second-order valence-electron chi connectivity index (χ2n) is 4.16. The van der Waals surface area contributed by atoms with Crippen molar-refractivity contribution in [2.24, 2.45) is 0 Å². The molecule has 106 valence electrons. The molecule has 0 saturated heterocycles. The fourth-order valence-electron chi connectivity index (χ4n) is 1.53. The van der Waals surface area contributed by atoms with Crippen LogP contribution in [0.3, 0.4) is 0 Å². The van der Waals surface area contributed by atoms with E-state index in [1.807, 2.05) is 0 Å². The smallest absolute Gasteiger partial charge is 0.242 e. The van der Waals surface area contributed by atoms with Gasteiger partial charge >= 0.3 is 0 Å². The lowest BCUT2D eigenvalue weighted by atomic mass is 10.2. The van der Waals surface area contributed by atoms with Crippen LogP contribution in [0.15, 0.2) is 18.2 Å². The molecule has 1 aromatic carbocycles. The van der Waals surface area contributed by atoms with E-state index in [0.717, 1.165) is 6.42 Å². The van der Waals surface area contributed by atoms with Gasteiger partial charge in [0.1, 0.15) is 11.9 Å². The number of hydrogen-bond donors (Lipinski definition) is 2. The highest BCUT2D eigenvalue weighted by atomic mass is 35.5. The number of amides is 1. The highest BCUT2D eigenvalue weighted by Crippen LogP contribution is 2.18. The fraction of sp³-hybridized carbons (Fsp3) is 0.462. The predicted octanol–water partition coefficient (Wildman–Crippen LogP) is 2.43. The summed E-state index contributed by atoms with van der Waals surface area (Å²) in [6.07, 6.45) is 0.751. The number of ether oxygens (including phenoxy) is 1. The lowest BCUT2D eigenvalue weighted by Crippen LogP contribution is -2.38. The number of benzene rings is 1. The number of carbonyl (C=O) groups excluding carboxylic acids is 1. The average Bonchev–Trinajstić information content (AvgIpc) is 2.33. The molecule has 0 aliphatic rings. The molecule has 0 spiro atoms. The fourth-order valence-corrected chi connectivity index (χ4v) is 1.76. The van der Waals surface area contributed by atoms with Gasteiger partial charge in [-0.15, -0.1) is 0 Å². The first-order chi connectivity index (χ1) is 9.02. The summed E-state index contributed by atoms with van der Waals surface area (Å²) >= 11 is 5.74. The molecule has 2 N–H and O–H groups in total. The molecule has 1 rings (SSSR count). The molecule has 1 atom stereocenters. The van der Waals surface area contributed by atoms with Gasteiger partial charge < -0.3 is 15.4 Å². The van der Waals surface area contributed by atoms with Crippen molar-refractivity contribution in [1.82, 2.24) is 5.32 Å². The van der Waals surface area contributed by atoms with Gasteiger partial charge in [0.15, 0.2) is 0 Å². The molecule has 0 bridgehead atoms. The van der Waals surface area contributed by atoms with Crippen LogP contribution in [0, 0.1) is 5.82 Å². The molecule has 0 saturated carbocycles. The van der Waals surface area contributed by atoms with Gasteiger partial charge in [0, 0.05) is 31.0 Å². The van der Waals surface area contributed by atoms with Crippen LogP contribution in [0.25, 0.3) is 0 Å². The van der Waals surface area contributed by atoms with Crippen molar-refractivity contribution in [2.75, 3.05) is 25.6 Å². The zero-order valence-electron chi connectivity index (χ0n) is 11.0. The van der Waals surface area contributed by atoms with Gasteiger partial charge in [-0.1, -0.05) is 11.6 Å². The molecule has 1 amide bonds. The first-order valence-electron chi connectivity index (χ1n) is 6.02. The monoisotopic (exact) mass is 288 g/mol. The summed E-state index contributed by atoms with van der Waals surface area (Å²) < 4.78 is 18.0. The molecule has 0 aliphatic carbocycles. The van der Waals surface area contributed by atoms with Crippen molar-refractivity contribution in [3.63, 3.8) is 0 Å². The largest absolute Gasteiger partial charge is 0.385 e. The molecule has 4 nitrogen and oxygen atoms in total. The Balaban J connectivity index is 2.44. The molecular weight excluding hydrogens is 271 g/mol. The molecule has 6 heteroatoms. The molecule has 19 heavy (non-hydrogen) atoms. The maximum Gasteiger partial charge on any atom is 0.242 e. The van der Waals surface area contributed by atoms with Crippen molar-refractivity contribution >= 4 is 23.2 Å². The molecule has 0 aromatic heterocycles. The minimum absolute atomic E-state index is 0.156. The van der Waals surface area contributed by atoms with Gasteiger partial charge in [-0.2, -0.15) is 0 Å². The van der Waals surface area contributed by atoms with Crippen LogP contribution in [0.1, 0.15) is 13.3 Å². The third-order valence-electron chi connectivity index (χ3n) is 2.46. The molecule has 0 aliphatic heterocycles. The average molecular weight is 289 g/mol. The minimum atomic E-state index is -0.472. The normalized spacial score (nSPS) is 12.0. The van der Waals surface area contributed by atoms with Crippen LogP contribution in [0.5, 0.6) is 0 Å². The lowest BCUT2D eigenvalue weighted by molar-refractivity contribution is -0.121. The third-order valence-corrected chi connectivity index (χ3v) is 2.68. The zero-order chi connectivity index (χ0) is 14.3. The summed E-state index contributed by atoms with van der Waals surface area (Å²) in [5.74, 6) is -0.598. The topological polar surface area (TPSA) is 50.4 Å². The van der Waals surface area contributed by atoms with Crippen molar-refractivity contribution in [1.29, 1.82) is 0 Å². The summed E-state index contributed by atoms with van der Waals surface area (Å²) in [6, 6.07) is 3.60. The van der Waals surface area contributed by atoms with E-state index in [9.17, 15) is 9.18 Å². The Morgan fingerprint density at radius 2 is 2.21 bits per heavy atom. The van der Waals surface area contributed by atoms with Crippen LogP contribution in [-0.4, -0.2) is 32.2 Å². The third kappa shape index (κ3) is 5.89. The standard InChI is InChI=1S/C13H18ClFN2O2/c1-9(13(18)16-4-3-5-19-2)17-12-7-10(14)6-11(15)8-12/h6-9,17H,3-5H2,1-2H3,(H,16,18). The van der Waals surface area contributed by atoms with Crippen molar-refractivity contribution in [2.45, 2.75) is 19.4 Å². The molecule has 0 fully saturated rings. The lowest BCUT2D eigenvalue weighted by Gasteiger charge is -2.15. The Morgan fingerprint density at radius 1 is 1.47 bits per heavy atom. The Labute approximate surface area is 117 Å². The Bertz CT molecular complexity index is 409. The van der Waals surface area contributed by atoms with Gasteiger partial charge in [-0.05, 0) is 31.5 Å². The maximum atomic E-state index is 13.1. The maximum absolute atomic E-state index is 13.1. The Morgan fingerprint density at radius 3 is 2.84 bits per heavy atom. The number of halogens is 2. The van der Waals surface area contributed by atoms with Crippen LogP contribution >= 0.6 is 11.6 Å². The summed E-state index contributed by atoms with van der Waals surface area (Å²) in [6.45, 7) is 2.84. The molecule has 0 heterocycles. The van der Waals surface area contributed by atoms with Crippen LogP contribution < -0.4 is 10.6 Å². The second kappa shape index (κ2) is 7.96. The van der Waals surface area contributed by atoms with Crippen LogP contribution in [0.2, 0.25) is 5.02 Å². The van der Waals surface area contributed by atoms with Crippen molar-refractivity contribution in [3.8, 4) is 0 Å².